The number of hydrogen-bond acceptors (Lipinski definition) is 3. The fourth-order valence-electron chi connectivity index (χ4n) is 2.36. The van der Waals surface area contributed by atoms with E-state index in [1.807, 2.05) is 25.1 Å². The van der Waals surface area contributed by atoms with Crippen LogP contribution in [0.4, 0.5) is 5.69 Å². The van der Waals surface area contributed by atoms with E-state index in [0.717, 1.165) is 22.2 Å². The van der Waals surface area contributed by atoms with Crippen molar-refractivity contribution in [3.8, 4) is 0 Å². The summed E-state index contributed by atoms with van der Waals surface area (Å²) in [6.45, 7) is 6.13. The number of fused-ring (bicyclic) bond motifs is 3. The van der Waals surface area contributed by atoms with Gasteiger partial charge in [0.1, 0.15) is 5.58 Å². The third kappa shape index (κ3) is 1.63. The van der Waals surface area contributed by atoms with E-state index in [1.54, 1.807) is 0 Å². The molecule has 1 aromatic carbocycles. The molecule has 0 fully saturated rings. The lowest BCUT2D eigenvalue weighted by atomic mass is 9.95. The van der Waals surface area contributed by atoms with Crippen LogP contribution in [0, 0.1) is 6.92 Å². The summed E-state index contributed by atoms with van der Waals surface area (Å²) >= 11 is 0. The van der Waals surface area contributed by atoms with E-state index in [0.29, 0.717) is 5.58 Å². The first-order valence-electron chi connectivity index (χ1n) is 6.01. The molecule has 0 bridgehead atoms. The van der Waals surface area contributed by atoms with Crippen LogP contribution in [0.3, 0.4) is 0 Å². The topological polar surface area (TPSA) is 42.2 Å². The minimum atomic E-state index is -0.299. The summed E-state index contributed by atoms with van der Waals surface area (Å²) in [6.07, 6.45) is 4.10. The molecule has 0 unspecified atom stereocenters. The van der Waals surface area contributed by atoms with Gasteiger partial charge in [-0.25, -0.2) is 4.79 Å². The minimum absolute atomic E-state index is 0.0786. The SMILES string of the molecule is Cc1cc(=O)oc2c3c(ccc12)NC(C)(C)C=C3. The average molecular weight is 241 g/mol. The van der Waals surface area contributed by atoms with Gasteiger partial charge in [-0.3, -0.25) is 0 Å². The summed E-state index contributed by atoms with van der Waals surface area (Å²) in [7, 11) is 0. The van der Waals surface area contributed by atoms with Crippen LogP contribution in [0.2, 0.25) is 0 Å². The van der Waals surface area contributed by atoms with Crippen molar-refractivity contribution < 1.29 is 4.42 Å². The lowest BCUT2D eigenvalue weighted by molar-refractivity contribution is 0.559. The van der Waals surface area contributed by atoms with Crippen LogP contribution in [-0.2, 0) is 0 Å². The van der Waals surface area contributed by atoms with Gasteiger partial charge >= 0.3 is 5.63 Å². The molecular formula is C15H15NO2. The van der Waals surface area contributed by atoms with Crippen molar-refractivity contribution >= 4 is 22.7 Å². The molecule has 1 aromatic heterocycles. The maximum Gasteiger partial charge on any atom is 0.336 e. The van der Waals surface area contributed by atoms with Crippen molar-refractivity contribution in [1.29, 1.82) is 0 Å². The number of anilines is 1. The Bertz CT molecular complexity index is 723. The smallest absolute Gasteiger partial charge is 0.336 e. The monoisotopic (exact) mass is 241 g/mol. The highest BCUT2D eigenvalue weighted by atomic mass is 16.4. The quantitative estimate of drug-likeness (QED) is 0.719. The number of benzene rings is 1. The van der Waals surface area contributed by atoms with Gasteiger partial charge in [0.2, 0.25) is 0 Å². The van der Waals surface area contributed by atoms with Gasteiger partial charge in [0.05, 0.1) is 5.54 Å². The zero-order valence-electron chi connectivity index (χ0n) is 10.7. The van der Waals surface area contributed by atoms with Crippen LogP contribution in [-0.4, -0.2) is 5.54 Å². The van der Waals surface area contributed by atoms with E-state index in [2.05, 4.69) is 25.2 Å². The maximum absolute atomic E-state index is 11.5. The molecular weight excluding hydrogens is 226 g/mol. The highest BCUT2D eigenvalue weighted by molar-refractivity contribution is 5.94. The molecule has 3 nitrogen and oxygen atoms in total. The van der Waals surface area contributed by atoms with Gasteiger partial charge in [-0.1, -0.05) is 12.2 Å². The van der Waals surface area contributed by atoms with E-state index in [4.69, 9.17) is 4.42 Å². The van der Waals surface area contributed by atoms with Gasteiger partial charge in [-0.15, -0.1) is 0 Å². The second-order valence-corrected chi connectivity index (χ2v) is 5.33. The van der Waals surface area contributed by atoms with Crippen molar-refractivity contribution in [3.05, 3.63) is 45.8 Å². The maximum atomic E-state index is 11.5. The largest absolute Gasteiger partial charge is 0.422 e. The standard InChI is InChI=1S/C15H15NO2/c1-9-8-13(17)18-14-10(9)4-5-12-11(14)6-7-15(2,3)16-12/h4-8,16H,1-3H3. The van der Waals surface area contributed by atoms with Gasteiger partial charge in [0.15, 0.2) is 0 Å². The lowest BCUT2D eigenvalue weighted by Crippen LogP contribution is -2.30. The Labute approximate surface area is 105 Å². The summed E-state index contributed by atoms with van der Waals surface area (Å²) in [5, 5.41) is 4.40. The van der Waals surface area contributed by atoms with Gasteiger partial charge in [0.25, 0.3) is 0 Å². The molecule has 1 aliphatic heterocycles. The summed E-state index contributed by atoms with van der Waals surface area (Å²) in [5.41, 5.74) is 3.19. The van der Waals surface area contributed by atoms with Gasteiger partial charge in [0, 0.05) is 22.7 Å². The van der Waals surface area contributed by atoms with E-state index >= 15 is 0 Å². The summed E-state index contributed by atoms with van der Waals surface area (Å²) < 4.78 is 5.36. The molecule has 0 aliphatic carbocycles. The third-order valence-electron chi connectivity index (χ3n) is 3.28. The van der Waals surface area contributed by atoms with Crippen molar-refractivity contribution in [3.63, 3.8) is 0 Å². The van der Waals surface area contributed by atoms with Crippen LogP contribution in [0.15, 0.2) is 33.5 Å². The molecule has 18 heavy (non-hydrogen) atoms. The Balaban J connectivity index is 2.37. The summed E-state index contributed by atoms with van der Waals surface area (Å²) in [4.78, 5) is 11.5. The average Bonchev–Trinajstić information content (AvgIpc) is 2.26. The Morgan fingerprint density at radius 3 is 2.83 bits per heavy atom. The van der Waals surface area contributed by atoms with Crippen molar-refractivity contribution in [2.45, 2.75) is 26.3 Å². The molecule has 0 saturated heterocycles. The predicted octanol–water partition coefficient (Wildman–Crippen LogP) is 3.32. The normalized spacial score (nSPS) is 16.4. The van der Waals surface area contributed by atoms with E-state index in [-0.39, 0.29) is 11.2 Å². The molecule has 3 rings (SSSR count). The fraction of sp³-hybridized carbons (Fsp3) is 0.267. The van der Waals surface area contributed by atoms with Crippen LogP contribution < -0.4 is 10.9 Å². The zero-order valence-corrected chi connectivity index (χ0v) is 10.7. The molecule has 1 N–H and O–H groups in total. The van der Waals surface area contributed by atoms with E-state index in [1.165, 1.54) is 6.07 Å². The van der Waals surface area contributed by atoms with Crippen LogP contribution >= 0.6 is 0 Å². The first-order valence-corrected chi connectivity index (χ1v) is 6.01. The molecule has 0 spiro atoms. The van der Waals surface area contributed by atoms with Gasteiger partial charge in [-0.05, 0) is 38.5 Å². The van der Waals surface area contributed by atoms with E-state index < -0.39 is 0 Å². The molecule has 0 saturated carbocycles. The molecule has 0 radical (unpaired) electrons. The fourth-order valence-corrected chi connectivity index (χ4v) is 2.36. The van der Waals surface area contributed by atoms with Crippen LogP contribution in [0.25, 0.3) is 17.0 Å². The number of rotatable bonds is 0. The number of hydrogen-bond donors (Lipinski definition) is 1. The zero-order chi connectivity index (χ0) is 12.9. The number of nitrogens with one attached hydrogen (secondary N) is 1. The van der Waals surface area contributed by atoms with E-state index in [9.17, 15) is 4.79 Å². The Hall–Kier alpha value is -2.03. The summed E-state index contributed by atoms with van der Waals surface area (Å²) in [6, 6.07) is 5.56. The molecule has 3 heteroatoms. The second kappa shape index (κ2) is 3.48. The molecule has 0 atom stereocenters. The Kier molecular flexibility index (Phi) is 2.14. The molecule has 92 valence electrons. The Morgan fingerprint density at radius 1 is 1.28 bits per heavy atom. The van der Waals surface area contributed by atoms with Gasteiger partial charge < -0.3 is 9.73 Å². The Morgan fingerprint density at radius 2 is 2.06 bits per heavy atom. The lowest BCUT2D eigenvalue weighted by Gasteiger charge is -2.29. The minimum Gasteiger partial charge on any atom is -0.422 e. The van der Waals surface area contributed by atoms with Crippen molar-refractivity contribution in [2.75, 3.05) is 5.32 Å². The molecule has 0 amide bonds. The predicted molar refractivity (Wildman–Crippen MR) is 74.0 cm³/mol. The molecule has 2 heterocycles. The van der Waals surface area contributed by atoms with Crippen molar-refractivity contribution in [1.82, 2.24) is 0 Å². The van der Waals surface area contributed by atoms with Crippen molar-refractivity contribution in [2.24, 2.45) is 0 Å². The first-order chi connectivity index (χ1) is 8.46. The molecule has 2 aromatic rings. The van der Waals surface area contributed by atoms with Gasteiger partial charge in [-0.2, -0.15) is 0 Å². The number of aryl methyl sites for hydroxylation is 1. The third-order valence-corrected chi connectivity index (χ3v) is 3.28. The summed E-state index contributed by atoms with van der Waals surface area (Å²) in [5.74, 6) is 0. The highest BCUT2D eigenvalue weighted by Crippen LogP contribution is 2.33. The highest BCUT2D eigenvalue weighted by Gasteiger charge is 2.21. The first kappa shape index (κ1) is 11.1. The van der Waals surface area contributed by atoms with Crippen LogP contribution in [0.5, 0.6) is 0 Å². The van der Waals surface area contributed by atoms with Crippen LogP contribution in [0.1, 0.15) is 25.0 Å². The second-order valence-electron chi connectivity index (χ2n) is 5.33. The molecule has 1 aliphatic rings.